The van der Waals surface area contributed by atoms with E-state index in [-0.39, 0.29) is 11.6 Å². The summed E-state index contributed by atoms with van der Waals surface area (Å²) in [4.78, 5) is 24.1. The van der Waals surface area contributed by atoms with E-state index >= 15 is 0 Å². The summed E-state index contributed by atoms with van der Waals surface area (Å²) in [5.74, 6) is -0.662. The van der Waals surface area contributed by atoms with E-state index < -0.39 is 28.7 Å². The second-order valence-electron chi connectivity index (χ2n) is 8.68. The Morgan fingerprint density at radius 2 is 2.03 bits per heavy atom. The van der Waals surface area contributed by atoms with Crippen molar-refractivity contribution in [3.8, 4) is 11.3 Å². The highest BCUT2D eigenvalue weighted by atomic mass is 35.5. The maximum absolute atomic E-state index is 13.4. The molecular weight excluding hydrogens is 489 g/mol. The van der Waals surface area contributed by atoms with Crippen LogP contribution in [0.4, 0.5) is 13.2 Å². The van der Waals surface area contributed by atoms with Crippen molar-refractivity contribution >= 4 is 17.5 Å². The van der Waals surface area contributed by atoms with E-state index in [1.807, 2.05) is 30.3 Å². The van der Waals surface area contributed by atoms with Gasteiger partial charge >= 0.3 is 6.18 Å². The molecule has 1 aromatic heterocycles. The summed E-state index contributed by atoms with van der Waals surface area (Å²) in [6.07, 6.45) is 4.79. The van der Waals surface area contributed by atoms with Gasteiger partial charge in [0.25, 0.3) is 5.91 Å². The number of nitrogens with zero attached hydrogens (tertiary/aromatic N) is 3. The molecule has 5 nitrogen and oxygen atoms in total. The fourth-order valence-electron chi connectivity index (χ4n) is 4.67. The lowest BCUT2D eigenvalue weighted by atomic mass is 9.89. The van der Waals surface area contributed by atoms with E-state index in [1.165, 1.54) is 12.1 Å². The van der Waals surface area contributed by atoms with Gasteiger partial charge in [-0.05, 0) is 43.1 Å². The van der Waals surface area contributed by atoms with Crippen LogP contribution in [0.1, 0.15) is 46.8 Å². The van der Waals surface area contributed by atoms with E-state index in [1.54, 1.807) is 18.6 Å². The first-order valence-electron chi connectivity index (χ1n) is 11.7. The zero-order chi connectivity index (χ0) is 25.7. The van der Waals surface area contributed by atoms with Crippen molar-refractivity contribution in [2.75, 3.05) is 13.1 Å². The van der Waals surface area contributed by atoms with E-state index in [0.29, 0.717) is 12.2 Å². The highest BCUT2D eigenvalue weighted by molar-refractivity contribution is 6.34. The van der Waals surface area contributed by atoms with E-state index in [2.05, 4.69) is 26.8 Å². The van der Waals surface area contributed by atoms with Crippen LogP contribution in [0, 0.1) is 0 Å². The van der Waals surface area contributed by atoms with Crippen molar-refractivity contribution < 1.29 is 18.0 Å². The van der Waals surface area contributed by atoms with Gasteiger partial charge in [-0.3, -0.25) is 19.7 Å². The summed E-state index contributed by atoms with van der Waals surface area (Å²) >= 11 is 6.07. The monoisotopic (exact) mass is 514 g/mol. The Morgan fingerprint density at radius 3 is 2.75 bits per heavy atom. The Hall–Kier alpha value is -3.23. The largest absolute Gasteiger partial charge is 0.417 e. The first kappa shape index (κ1) is 25.9. The van der Waals surface area contributed by atoms with Gasteiger partial charge in [0.15, 0.2) is 0 Å². The Balaban J connectivity index is 1.73. The average Bonchev–Trinajstić information content (AvgIpc) is 2.88. The average molecular weight is 515 g/mol. The van der Waals surface area contributed by atoms with Crippen LogP contribution in [-0.4, -0.2) is 39.9 Å². The van der Waals surface area contributed by atoms with Gasteiger partial charge in [0.1, 0.15) is 0 Å². The molecule has 1 N–H and O–H groups in total. The molecule has 2 aromatic carbocycles. The summed E-state index contributed by atoms with van der Waals surface area (Å²) in [5.41, 5.74) is 1.06. The van der Waals surface area contributed by atoms with Crippen molar-refractivity contribution in [1.29, 1.82) is 0 Å². The van der Waals surface area contributed by atoms with E-state index in [0.717, 1.165) is 43.0 Å². The third-order valence-electron chi connectivity index (χ3n) is 6.35. The highest BCUT2D eigenvalue weighted by Gasteiger charge is 2.36. The van der Waals surface area contributed by atoms with Crippen LogP contribution in [0.3, 0.4) is 0 Å². The van der Waals surface area contributed by atoms with Gasteiger partial charge in [-0.15, -0.1) is 6.58 Å². The van der Waals surface area contributed by atoms with Crippen molar-refractivity contribution in [2.24, 2.45) is 0 Å². The molecule has 2 atom stereocenters. The molecule has 36 heavy (non-hydrogen) atoms. The number of hydrogen-bond donors (Lipinski definition) is 1. The number of nitrogens with one attached hydrogen (secondary N) is 1. The molecule has 4 rings (SSSR count). The highest BCUT2D eigenvalue weighted by Crippen LogP contribution is 2.37. The smallest absolute Gasteiger partial charge is 0.344 e. The lowest BCUT2D eigenvalue weighted by Gasteiger charge is -2.40. The minimum absolute atomic E-state index is 0.0811. The second-order valence-corrected chi connectivity index (χ2v) is 9.06. The number of piperidine rings is 1. The summed E-state index contributed by atoms with van der Waals surface area (Å²) < 4.78 is 40.2. The van der Waals surface area contributed by atoms with E-state index in [4.69, 9.17) is 11.6 Å². The molecule has 0 unspecified atom stereocenters. The number of halogens is 4. The third-order valence-corrected chi connectivity index (χ3v) is 6.76. The van der Waals surface area contributed by atoms with Crippen LogP contribution >= 0.6 is 11.6 Å². The predicted octanol–water partition coefficient (Wildman–Crippen LogP) is 6.33. The second kappa shape index (κ2) is 11.2. The molecule has 188 valence electrons. The summed E-state index contributed by atoms with van der Waals surface area (Å²) in [5, 5.41) is 2.39. The van der Waals surface area contributed by atoms with Gasteiger partial charge in [-0.2, -0.15) is 13.2 Å². The molecular formula is C27H26ClF3N4O. The van der Waals surface area contributed by atoms with Crippen LogP contribution in [-0.2, 0) is 6.18 Å². The molecule has 0 bridgehead atoms. The minimum Gasteiger partial charge on any atom is -0.344 e. The van der Waals surface area contributed by atoms with Crippen LogP contribution in [0.5, 0.6) is 0 Å². The molecule has 3 aromatic rings. The number of rotatable bonds is 7. The van der Waals surface area contributed by atoms with Gasteiger partial charge in [-0.1, -0.05) is 48.4 Å². The third kappa shape index (κ3) is 5.77. The lowest BCUT2D eigenvalue weighted by molar-refractivity contribution is -0.137. The summed E-state index contributed by atoms with van der Waals surface area (Å²) in [6, 6.07) is 10.4. The van der Waals surface area contributed by atoms with Crippen LogP contribution < -0.4 is 5.32 Å². The molecule has 2 heterocycles. The SMILES string of the molecule is C=CCN1CCCC[C@H]1[C@@H](NC(=O)c1cccc(C(F)(F)F)c1Cl)c1cccc(-c2cnccn2)c1. The zero-order valence-corrected chi connectivity index (χ0v) is 20.3. The Labute approximate surface area is 213 Å². The maximum Gasteiger partial charge on any atom is 0.417 e. The topological polar surface area (TPSA) is 58.1 Å². The van der Waals surface area contributed by atoms with Crippen LogP contribution in [0.25, 0.3) is 11.3 Å². The van der Waals surface area contributed by atoms with Crippen molar-refractivity contribution in [2.45, 2.75) is 37.5 Å². The number of carbonyl (C=O) groups excluding carboxylic acids is 1. The number of benzene rings is 2. The quantitative estimate of drug-likeness (QED) is 0.374. The standard InChI is InChI=1S/C27H26ClF3N4O/c1-2-14-35-15-4-3-11-23(35)25(19-8-5-7-18(16-19)22-17-32-12-13-33-22)34-26(36)20-9-6-10-21(24(20)28)27(29,30)31/h2,5-10,12-13,16-17,23,25H,1,3-4,11,14-15H2,(H,34,36)/t23-,25-/m0/s1. The first-order valence-corrected chi connectivity index (χ1v) is 12.0. The van der Waals surface area contributed by atoms with Gasteiger partial charge < -0.3 is 5.32 Å². The fourth-order valence-corrected chi connectivity index (χ4v) is 4.99. The molecule has 1 fully saturated rings. The Kier molecular flexibility index (Phi) is 8.06. The van der Waals surface area contributed by atoms with Gasteiger partial charge in [0, 0.05) is 30.5 Å². The maximum atomic E-state index is 13.4. The predicted molar refractivity (Wildman–Crippen MR) is 134 cm³/mol. The Bertz CT molecular complexity index is 1220. The van der Waals surface area contributed by atoms with Gasteiger partial charge in [0.05, 0.1) is 34.1 Å². The molecule has 9 heteroatoms. The molecule has 0 aliphatic carbocycles. The molecule has 1 saturated heterocycles. The number of likely N-dealkylation sites (tertiary alicyclic amines) is 1. The van der Waals surface area contributed by atoms with Crippen molar-refractivity contribution in [1.82, 2.24) is 20.2 Å². The van der Waals surface area contributed by atoms with Gasteiger partial charge in [-0.25, -0.2) is 0 Å². The molecule has 0 spiro atoms. The Morgan fingerprint density at radius 1 is 1.22 bits per heavy atom. The van der Waals surface area contributed by atoms with Crippen LogP contribution in [0.15, 0.2) is 73.7 Å². The fraction of sp³-hybridized carbons (Fsp3) is 0.296. The lowest BCUT2D eigenvalue weighted by Crippen LogP contribution is -2.48. The first-order chi connectivity index (χ1) is 17.3. The number of hydrogen-bond acceptors (Lipinski definition) is 4. The summed E-state index contributed by atoms with van der Waals surface area (Å²) in [6.45, 7) is 5.32. The number of alkyl halides is 3. The van der Waals surface area contributed by atoms with Crippen molar-refractivity contribution in [3.05, 3.63) is 95.4 Å². The zero-order valence-electron chi connectivity index (χ0n) is 19.5. The molecule has 1 aliphatic rings. The molecule has 1 amide bonds. The van der Waals surface area contributed by atoms with Crippen LogP contribution in [0.2, 0.25) is 5.02 Å². The molecule has 0 radical (unpaired) electrons. The normalized spacial score (nSPS) is 17.4. The molecule has 1 aliphatic heterocycles. The number of carbonyl (C=O) groups is 1. The number of amides is 1. The van der Waals surface area contributed by atoms with E-state index in [9.17, 15) is 18.0 Å². The summed E-state index contributed by atoms with van der Waals surface area (Å²) in [7, 11) is 0. The molecule has 0 saturated carbocycles. The van der Waals surface area contributed by atoms with Crippen molar-refractivity contribution in [3.63, 3.8) is 0 Å². The van der Waals surface area contributed by atoms with Gasteiger partial charge in [0.2, 0.25) is 0 Å². The minimum atomic E-state index is -4.66. The number of aromatic nitrogens is 2.